The summed E-state index contributed by atoms with van der Waals surface area (Å²) in [7, 11) is -2.55. The van der Waals surface area contributed by atoms with Crippen molar-refractivity contribution in [1.29, 1.82) is 0 Å². The van der Waals surface area contributed by atoms with Crippen LogP contribution in [0.1, 0.15) is 20.8 Å². The van der Waals surface area contributed by atoms with Crippen molar-refractivity contribution in [2.75, 3.05) is 18.5 Å². The number of fused-ring (bicyclic) bond motifs is 7. The fourth-order valence-corrected chi connectivity index (χ4v) is 8.48. The fourth-order valence-electron chi connectivity index (χ4n) is 5.91. The first-order valence-electron chi connectivity index (χ1n) is 13.8. The highest BCUT2D eigenvalue weighted by Gasteiger charge is 2.54. The van der Waals surface area contributed by atoms with Gasteiger partial charge in [-0.05, 0) is 59.9 Å². The summed E-state index contributed by atoms with van der Waals surface area (Å²) in [6.07, 6.45) is 1.38. The number of rotatable bonds is 6. The first-order chi connectivity index (χ1) is 20.2. The van der Waals surface area contributed by atoms with Crippen molar-refractivity contribution < 1.29 is 35.7 Å². The van der Waals surface area contributed by atoms with Gasteiger partial charge in [0.05, 0.1) is 37.5 Å². The molecule has 0 aromatic heterocycles. The van der Waals surface area contributed by atoms with Gasteiger partial charge in [-0.2, -0.15) is 0 Å². The third-order valence-corrected chi connectivity index (χ3v) is 12.5. The number of hydrogen-bond acceptors (Lipinski definition) is 3. The molecule has 5 aromatic carbocycles. The first-order valence-corrected chi connectivity index (χ1v) is 16.1. The molecule has 0 radical (unpaired) electrons. The summed E-state index contributed by atoms with van der Waals surface area (Å²) in [6.45, 7) is 1.77. The van der Waals surface area contributed by atoms with E-state index in [1.54, 1.807) is 24.3 Å². The SMILES string of the molecule is CC[P+](CC)(CC)O[B-]1(c2c(F)c(F)c(F)c(F)c2F)Oc2ccc3ccccc3c2-c2c(ccc3ccccc23)O1. The Morgan fingerprint density at radius 3 is 1.40 bits per heavy atom. The van der Waals surface area contributed by atoms with E-state index >= 15 is 8.78 Å². The average Bonchev–Trinajstić information content (AvgIpc) is 3.16. The van der Waals surface area contributed by atoms with Crippen LogP contribution in [0, 0.1) is 29.1 Å². The van der Waals surface area contributed by atoms with E-state index in [4.69, 9.17) is 13.7 Å². The molecule has 0 fully saturated rings. The molecule has 3 nitrogen and oxygen atoms in total. The monoisotopic (exact) mass is 596 g/mol. The van der Waals surface area contributed by atoms with Gasteiger partial charge in [0.2, 0.25) is 0 Å². The fraction of sp³-hybridized carbons (Fsp3) is 0.188. The van der Waals surface area contributed by atoms with Crippen LogP contribution in [0.4, 0.5) is 22.0 Å². The van der Waals surface area contributed by atoms with Crippen LogP contribution in [0.15, 0.2) is 72.8 Å². The minimum atomic E-state index is -3.82. The lowest BCUT2D eigenvalue weighted by atomic mass is 9.68. The van der Waals surface area contributed by atoms with Gasteiger partial charge in [0.25, 0.3) is 0 Å². The Bertz CT molecular complexity index is 1740. The molecule has 216 valence electrons. The summed E-state index contributed by atoms with van der Waals surface area (Å²) in [6, 6.07) is 21.8. The molecule has 0 aliphatic carbocycles. The van der Waals surface area contributed by atoms with Crippen molar-refractivity contribution in [3.63, 3.8) is 0 Å². The molecule has 1 aliphatic heterocycles. The molecule has 1 heterocycles. The zero-order chi connectivity index (χ0) is 29.8. The number of hydrogen-bond donors (Lipinski definition) is 0. The standard InChI is InChI=1S/C32H27BF5O3P/c1-4-42(5-2,6-3)41-33(27-28(34)30(36)32(38)31(37)29(27)35)39-23-17-15-19-11-7-9-13-21(19)25(23)26-22-14-10-8-12-20(22)16-18-24(26)40-33/h7-18H,4-6H2,1-3H3. The third-order valence-electron chi connectivity index (χ3n) is 8.28. The Kier molecular flexibility index (Phi) is 7.15. The van der Waals surface area contributed by atoms with Crippen LogP contribution in [0.2, 0.25) is 0 Å². The lowest BCUT2D eigenvalue weighted by Gasteiger charge is -2.44. The number of halogens is 5. The van der Waals surface area contributed by atoms with E-state index in [1.807, 2.05) is 69.3 Å². The van der Waals surface area contributed by atoms with E-state index in [9.17, 15) is 13.2 Å². The summed E-state index contributed by atoms with van der Waals surface area (Å²) in [5, 5.41) is 3.22. The molecule has 10 heteroatoms. The molecule has 0 unspecified atom stereocenters. The van der Waals surface area contributed by atoms with Gasteiger partial charge in [0, 0.05) is 11.1 Å². The summed E-state index contributed by atoms with van der Waals surface area (Å²) < 4.78 is 95.0. The van der Waals surface area contributed by atoms with Gasteiger partial charge in [-0.3, -0.25) is 0 Å². The third kappa shape index (κ3) is 4.25. The molecule has 5 aromatic rings. The van der Waals surface area contributed by atoms with Gasteiger partial charge in [-0.1, -0.05) is 60.7 Å². The maximum absolute atomic E-state index is 15.8. The van der Waals surface area contributed by atoms with Gasteiger partial charge in [-0.15, -0.1) is 0 Å². The van der Waals surface area contributed by atoms with Crippen LogP contribution < -0.4 is 14.8 Å². The Labute approximate surface area is 240 Å². The quantitative estimate of drug-likeness (QED) is 0.0644. The van der Waals surface area contributed by atoms with Gasteiger partial charge in [0.15, 0.2) is 17.5 Å². The summed E-state index contributed by atoms with van der Waals surface area (Å²) in [5.41, 5.74) is -0.152. The minimum Gasteiger partial charge on any atom is -0.654 e. The maximum Gasteiger partial charge on any atom is 0.562 e. The molecule has 0 N–H and O–H groups in total. The summed E-state index contributed by atoms with van der Waals surface area (Å²) in [4.78, 5) is 0. The Balaban J connectivity index is 1.78. The van der Waals surface area contributed by atoms with Crippen LogP contribution in [0.5, 0.6) is 11.5 Å². The maximum atomic E-state index is 15.8. The lowest BCUT2D eigenvalue weighted by molar-refractivity contribution is 0.286. The molecule has 0 atom stereocenters. The van der Waals surface area contributed by atoms with Crippen LogP contribution in [-0.4, -0.2) is 25.2 Å². The van der Waals surface area contributed by atoms with Crippen LogP contribution >= 0.6 is 7.49 Å². The average molecular weight is 596 g/mol. The van der Waals surface area contributed by atoms with Crippen LogP contribution in [-0.2, 0) is 4.44 Å². The largest absolute Gasteiger partial charge is 0.654 e. The predicted octanol–water partition coefficient (Wildman–Crippen LogP) is 8.98. The zero-order valence-electron chi connectivity index (χ0n) is 23.2. The molecular weight excluding hydrogens is 569 g/mol. The van der Waals surface area contributed by atoms with Crippen molar-refractivity contribution in [1.82, 2.24) is 0 Å². The van der Waals surface area contributed by atoms with Gasteiger partial charge >= 0.3 is 6.75 Å². The molecule has 1 aliphatic rings. The molecule has 0 saturated carbocycles. The summed E-state index contributed by atoms with van der Waals surface area (Å²) in [5.74, 6) is -10.3. The highest BCUT2D eigenvalue weighted by atomic mass is 31.2. The van der Waals surface area contributed by atoms with Crippen molar-refractivity contribution in [3.05, 3.63) is 102 Å². The van der Waals surface area contributed by atoms with E-state index in [0.29, 0.717) is 29.6 Å². The predicted molar refractivity (Wildman–Crippen MR) is 159 cm³/mol. The molecular formula is C32H27BF5O3P. The second-order valence-electron chi connectivity index (χ2n) is 10.3. The minimum absolute atomic E-state index is 0.133. The van der Waals surface area contributed by atoms with E-state index < -0.39 is 48.8 Å². The van der Waals surface area contributed by atoms with Crippen molar-refractivity contribution in [3.8, 4) is 22.6 Å². The second-order valence-corrected chi connectivity index (χ2v) is 14.5. The highest BCUT2D eigenvalue weighted by molar-refractivity contribution is 7.72. The number of benzene rings is 5. The molecule has 0 spiro atoms. The Hall–Kier alpha value is -3.68. The second kappa shape index (κ2) is 10.5. The van der Waals surface area contributed by atoms with Gasteiger partial charge in [0.1, 0.15) is 11.6 Å². The van der Waals surface area contributed by atoms with Gasteiger partial charge in [-0.25, -0.2) is 22.0 Å². The zero-order valence-corrected chi connectivity index (χ0v) is 24.1. The Morgan fingerprint density at radius 2 is 0.976 bits per heavy atom. The van der Waals surface area contributed by atoms with E-state index in [2.05, 4.69) is 0 Å². The van der Waals surface area contributed by atoms with Crippen molar-refractivity contribution in [2.24, 2.45) is 0 Å². The normalized spacial score (nSPS) is 14.2. The van der Waals surface area contributed by atoms with E-state index in [-0.39, 0.29) is 11.5 Å². The van der Waals surface area contributed by atoms with Crippen LogP contribution in [0.25, 0.3) is 32.7 Å². The molecule has 0 amide bonds. The van der Waals surface area contributed by atoms with Crippen molar-refractivity contribution in [2.45, 2.75) is 20.8 Å². The first kappa shape index (κ1) is 28.4. The molecule has 6 rings (SSSR count). The molecule has 42 heavy (non-hydrogen) atoms. The van der Waals surface area contributed by atoms with Crippen molar-refractivity contribution >= 4 is 41.3 Å². The summed E-state index contributed by atoms with van der Waals surface area (Å²) >= 11 is 0. The van der Waals surface area contributed by atoms with Crippen LogP contribution in [0.3, 0.4) is 0 Å². The Morgan fingerprint density at radius 1 is 0.571 bits per heavy atom. The van der Waals surface area contributed by atoms with E-state index in [1.165, 1.54) is 0 Å². The molecule has 0 bridgehead atoms. The topological polar surface area (TPSA) is 27.7 Å². The highest BCUT2D eigenvalue weighted by Crippen LogP contribution is 2.62. The lowest BCUT2D eigenvalue weighted by Crippen LogP contribution is -2.64. The smallest absolute Gasteiger partial charge is 0.562 e. The molecule has 0 saturated heterocycles. The van der Waals surface area contributed by atoms with Gasteiger partial charge < -0.3 is 13.7 Å². The van der Waals surface area contributed by atoms with E-state index in [0.717, 1.165) is 21.5 Å².